The second kappa shape index (κ2) is 7.80. The minimum Gasteiger partial charge on any atom is -0.489 e. The van der Waals surface area contributed by atoms with Crippen molar-refractivity contribution in [3.8, 4) is 17.6 Å². The van der Waals surface area contributed by atoms with Gasteiger partial charge >= 0.3 is 0 Å². The van der Waals surface area contributed by atoms with E-state index in [1.807, 2.05) is 6.92 Å². The number of hydrogen-bond acceptors (Lipinski definition) is 6. The predicted molar refractivity (Wildman–Crippen MR) is 108 cm³/mol. The number of aromatic amines is 1. The lowest BCUT2D eigenvalue weighted by Gasteiger charge is -2.30. The van der Waals surface area contributed by atoms with E-state index in [2.05, 4.69) is 32.3 Å². The normalized spacial score (nSPS) is 19.5. The van der Waals surface area contributed by atoms with Gasteiger partial charge in [0.05, 0.1) is 5.69 Å². The van der Waals surface area contributed by atoms with Gasteiger partial charge in [-0.05, 0) is 37.5 Å². The van der Waals surface area contributed by atoms with Gasteiger partial charge in [0.25, 0.3) is 11.8 Å². The number of rotatable bonds is 3. The van der Waals surface area contributed by atoms with E-state index in [-0.39, 0.29) is 18.3 Å². The first-order chi connectivity index (χ1) is 14.4. The van der Waals surface area contributed by atoms with E-state index in [1.165, 1.54) is 4.90 Å². The average Bonchev–Trinajstić information content (AvgIpc) is 3.18. The number of benzene rings is 1. The third kappa shape index (κ3) is 3.86. The van der Waals surface area contributed by atoms with Crippen LogP contribution in [0.3, 0.4) is 0 Å². The van der Waals surface area contributed by atoms with Gasteiger partial charge in [0.2, 0.25) is 5.82 Å². The molecule has 156 valence electrons. The monoisotopic (exact) mass is 409 g/mol. The Morgan fingerprint density at radius 3 is 2.93 bits per heavy atom. The molecule has 1 aliphatic heterocycles. The van der Waals surface area contributed by atoms with E-state index in [0.717, 1.165) is 6.42 Å². The number of aliphatic hydroxyl groups is 1. The van der Waals surface area contributed by atoms with Gasteiger partial charge in [-0.2, -0.15) is 0 Å². The number of likely N-dealkylation sites (N-methyl/N-ethyl adjacent to an activating group) is 1. The fourth-order valence-electron chi connectivity index (χ4n) is 3.28. The van der Waals surface area contributed by atoms with Gasteiger partial charge in [0.1, 0.15) is 29.8 Å². The maximum absolute atomic E-state index is 12.9. The van der Waals surface area contributed by atoms with Gasteiger partial charge in [-0.1, -0.05) is 18.8 Å². The highest BCUT2D eigenvalue weighted by atomic mass is 16.5. The number of H-pyrrole nitrogens is 1. The molecule has 2 aromatic rings. The first-order valence-corrected chi connectivity index (χ1v) is 9.90. The van der Waals surface area contributed by atoms with E-state index in [1.54, 1.807) is 25.2 Å². The SMILES string of the molecule is CCc1nc(C(=O)N[C@H]2COc3ccc(C#CC4(O)CCC4)cc3N(C)C2=O)n[nH]1. The number of aromatic nitrogens is 3. The summed E-state index contributed by atoms with van der Waals surface area (Å²) in [6.45, 7) is 1.88. The maximum Gasteiger partial charge on any atom is 0.291 e. The van der Waals surface area contributed by atoms with Gasteiger partial charge in [0, 0.05) is 19.0 Å². The summed E-state index contributed by atoms with van der Waals surface area (Å²) in [5, 5.41) is 19.4. The summed E-state index contributed by atoms with van der Waals surface area (Å²) in [5.41, 5.74) is 0.321. The van der Waals surface area contributed by atoms with Crippen LogP contribution in [0.4, 0.5) is 5.69 Å². The van der Waals surface area contributed by atoms with Gasteiger partial charge in [-0.3, -0.25) is 14.7 Å². The Bertz CT molecular complexity index is 1050. The van der Waals surface area contributed by atoms with E-state index >= 15 is 0 Å². The molecule has 1 aromatic carbocycles. The molecule has 2 heterocycles. The number of amides is 2. The summed E-state index contributed by atoms with van der Waals surface area (Å²) in [6.07, 6.45) is 2.95. The first-order valence-electron chi connectivity index (χ1n) is 9.90. The van der Waals surface area contributed by atoms with Crippen molar-refractivity contribution in [2.24, 2.45) is 0 Å². The zero-order valence-corrected chi connectivity index (χ0v) is 16.9. The minimum absolute atomic E-state index is 0.0161. The first kappa shape index (κ1) is 19.9. The number of aryl methyl sites for hydroxylation is 1. The Hall–Kier alpha value is -3.38. The second-order valence-electron chi connectivity index (χ2n) is 7.51. The van der Waals surface area contributed by atoms with Crippen LogP contribution in [0, 0.1) is 11.8 Å². The molecule has 1 fully saturated rings. The van der Waals surface area contributed by atoms with Crippen molar-refractivity contribution >= 4 is 17.5 Å². The molecule has 2 amide bonds. The summed E-state index contributed by atoms with van der Waals surface area (Å²) in [5.74, 6) is 6.11. The van der Waals surface area contributed by atoms with Crippen molar-refractivity contribution in [2.45, 2.75) is 44.2 Å². The van der Waals surface area contributed by atoms with Crippen LogP contribution in [0.25, 0.3) is 0 Å². The van der Waals surface area contributed by atoms with Crippen molar-refractivity contribution in [1.29, 1.82) is 0 Å². The van der Waals surface area contributed by atoms with Crippen LogP contribution in [0.5, 0.6) is 5.75 Å². The van der Waals surface area contributed by atoms with Crippen molar-refractivity contribution in [1.82, 2.24) is 20.5 Å². The van der Waals surface area contributed by atoms with Gasteiger partial charge in [-0.15, -0.1) is 5.10 Å². The van der Waals surface area contributed by atoms with Crippen LogP contribution in [-0.2, 0) is 11.2 Å². The van der Waals surface area contributed by atoms with Gasteiger partial charge < -0.3 is 20.1 Å². The fourth-order valence-corrected chi connectivity index (χ4v) is 3.28. The summed E-state index contributed by atoms with van der Waals surface area (Å²) < 4.78 is 5.77. The van der Waals surface area contributed by atoms with E-state index in [4.69, 9.17) is 4.74 Å². The zero-order valence-electron chi connectivity index (χ0n) is 16.9. The lowest BCUT2D eigenvalue weighted by atomic mass is 9.81. The van der Waals surface area contributed by atoms with E-state index < -0.39 is 17.6 Å². The van der Waals surface area contributed by atoms with Crippen LogP contribution >= 0.6 is 0 Å². The molecule has 2 aliphatic rings. The number of carbonyl (C=O) groups excluding carboxylic acids is 2. The molecular weight excluding hydrogens is 386 g/mol. The second-order valence-corrected chi connectivity index (χ2v) is 7.51. The summed E-state index contributed by atoms with van der Waals surface area (Å²) in [4.78, 5) is 30.9. The van der Waals surface area contributed by atoms with Crippen LogP contribution in [0.15, 0.2) is 18.2 Å². The van der Waals surface area contributed by atoms with Crippen molar-refractivity contribution in [3.63, 3.8) is 0 Å². The predicted octanol–water partition coefficient (Wildman–Crippen LogP) is 0.787. The molecule has 0 radical (unpaired) electrons. The highest BCUT2D eigenvalue weighted by molar-refractivity contribution is 6.02. The largest absolute Gasteiger partial charge is 0.489 e. The van der Waals surface area contributed by atoms with Gasteiger partial charge in [0.15, 0.2) is 0 Å². The molecule has 4 rings (SSSR count). The number of hydrogen-bond donors (Lipinski definition) is 3. The molecule has 9 nitrogen and oxygen atoms in total. The summed E-state index contributed by atoms with van der Waals surface area (Å²) in [6, 6.07) is 4.38. The lowest BCUT2D eigenvalue weighted by molar-refractivity contribution is -0.120. The lowest BCUT2D eigenvalue weighted by Crippen LogP contribution is -2.49. The van der Waals surface area contributed by atoms with Gasteiger partial charge in [-0.25, -0.2) is 4.98 Å². The molecule has 0 unspecified atom stereocenters. The van der Waals surface area contributed by atoms with Crippen molar-refractivity contribution in [3.05, 3.63) is 35.4 Å². The smallest absolute Gasteiger partial charge is 0.291 e. The molecule has 0 spiro atoms. The van der Waals surface area contributed by atoms with Crippen LogP contribution in [-0.4, -0.2) is 57.4 Å². The molecule has 9 heteroatoms. The van der Waals surface area contributed by atoms with Crippen LogP contribution in [0.1, 0.15) is 48.2 Å². The van der Waals surface area contributed by atoms with E-state index in [0.29, 0.717) is 42.1 Å². The number of carbonyl (C=O) groups is 2. The molecule has 1 atom stereocenters. The molecule has 3 N–H and O–H groups in total. The number of fused-ring (bicyclic) bond motifs is 1. The van der Waals surface area contributed by atoms with E-state index in [9.17, 15) is 14.7 Å². The van der Waals surface area contributed by atoms with Crippen LogP contribution < -0.4 is 15.0 Å². The number of anilines is 1. The van der Waals surface area contributed by atoms with Crippen molar-refractivity contribution < 1.29 is 19.4 Å². The van der Waals surface area contributed by atoms with Crippen LogP contribution in [0.2, 0.25) is 0 Å². The third-order valence-corrected chi connectivity index (χ3v) is 5.35. The topological polar surface area (TPSA) is 120 Å². The summed E-state index contributed by atoms with van der Waals surface area (Å²) in [7, 11) is 1.62. The Morgan fingerprint density at radius 2 is 2.27 bits per heavy atom. The maximum atomic E-state index is 12.9. The zero-order chi connectivity index (χ0) is 21.3. The third-order valence-electron chi connectivity index (χ3n) is 5.35. The Kier molecular flexibility index (Phi) is 5.18. The molecule has 0 bridgehead atoms. The highest BCUT2D eigenvalue weighted by Gasteiger charge is 2.33. The quantitative estimate of drug-likeness (QED) is 0.645. The minimum atomic E-state index is -0.904. The summed E-state index contributed by atoms with van der Waals surface area (Å²) >= 11 is 0. The average molecular weight is 409 g/mol. The molecule has 30 heavy (non-hydrogen) atoms. The number of nitrogens with one attached hydrogen (secondary N) is 2. The molecule has 1 aliphatic carbocycles. The number of ether oxygens (including phenoxy) is 1. The number of nitrogens with zero attached hydrogens (tertiary/aromatic N) is 3. The molecule has 0 saturated heterocycles. The molecule has 1 saturated carbocycles. The Morgan fingerprint density at radius 1 is 1.47 bits per heavy atom. The van der Waals surface area contributed by atoms with Crippen molar-refractivity contribution in [2.75, 3.05) is 18.6 Å². The highest BCUT2D eigenvalue weighted by Crippen LogP contribution is 2.33. The Labute approximate surface area is 173 Å². The molecular formula is C21H23N5O4. The standard InChI is InChI=1S/C21H23N5O4/c1-3-17-23-18(25-24-17)19(27)22-14-12-30-16-6-5-13(7-10-21(29)8-4-9-21)11-15(16)26(2)20(14)28/h5-6,11,14,29H,3-4,8-9,12H2,1-2H3,(H,22,27)(H,23,24,25)/t14-/m0/s1. The molecule has 1 aromatic heterocycles. The fraction of sp³-hybridized carbons (Fsp3) is 0.429. The Balaban J connectivity index is 1.51.